The normalized spacial score (nSPS) is 14.6. The number of morpholine rings is 1. The van der Waals surface area contributed by atoms with Crippen molar-refractivity contribution in [3.05, 3.63) is 35.1 Å². The number of ether oxygens (including phenoxy) is 2. The molecule has 0 bridgehead atoms. The zero-order valence-electron chi connectivity index (χ0n) is 13.9. The van der Waals surface area contributed by atoms with Crippen LogP contribution in [0.1, 0.15) is 5.82 Å². The summed E-state index contributed by atoms with van der Waals surface area (Å²) in [5, 5.41) is 9.50. The van der Waals surface area contributed by atoms with E-state index < -0.39 is 0 Å². The molecular weight excluding hydrogens is 364 g/mol. The molecule has 0 atom stereocenters. The minimum Gasteiger partial charge on any atom is -0.484 e. The first-order valence-corrected chi connectivity index (χ1v) is 9.25. The predicted octanol–water partition coefficient (Wildman–Crippen LogP) is 2.00. The van der Waals surface area contributed by atoms with Crippen LogP contribution in [0.5, 0.6) is 5.75 Å². The average molecular weight is 383 g/mol. The summed E-state index contributed by atoms with van der Waals surface area (Å²) in [5.74, 6) is 1.69. The Morgan fingerprint density at radius 2 is 2.08 bits per heavy atom. The molecule has 0 unspecified atom stereocenters. The summed E-state index contributed by atoms with van der Waals surface area (Å²) in [6, 6.07) is 7.27. The molecule has 0 aliphatic carbocycles. The van der Waals surface area contributed by atoms with Crippen molar-refractivity contribution in [3.63, 3.8) is 0 Å². The third kappa shape index (κ3) is 4.65. The van der Waals surface area contributed by atoms with Crippen molar-refractivity contribution in [2.24, 2.45) is 7.05 Å². The molecule has 1 aromatic carbocycles. The van der Waals surface area contributed by atoms with E-state index in [9.17, 15) is 4.79 Å². The van der Waals surface area contributed by atoms with Crippen molar-refractivity contribution < 1.29 is 14.3 Å². The molecule has 1 aliphatic heterocycles. The Kier molecular flexibility index (Phi) is 6.17. The molecule has 134 valence electrons. The summed E-state index contributed by atoms with van der Waals surface area (Å²) in [6.45, 7) is 2.75. The summed E-state index contributed by atoms with van der Waals surface area (Å²) in [6.07, 6.45) is 0. The van der Waals surface area contributed by atoms with E-state index in [2.05, 4.69) is 10.2 Å². The Morgan fingerprint density at radius 1 is 1.32 bits per heavy atom. The molecule has 9 heteroatoms. The fourth-order valence-corrected chi connectivity index (χ4v) is 3.35. The fraction of sp³-hybridized carbons (Fsp3) is 0.438. The highest BCUT2D eigenvalue weighted by Crippen LogP contribution is 2.24. The molecule has 2 heterocycles. The molecule has 3 rings (SSSR count). The second-order valence-electron chi connectivity index (χ2n) is 5.46. The maximum atomic E-state index is 12.2. The Labute approximate surface area is 155 Å². The number of hydrogen-bond donors (Lipinski definition) is 0. The van der Waals surface area contributed by atoms with Gasteiger partial charge < -0.3 is 18.9 Å². The number of halogens is 1. The molecule has 1 fully saturated rings. The first-order valence-electron chi connectivity index (χ1n) is 7.89. The van der Waals surface area contributed by atoms with Gasteiger partial charge in [0.25, 0.3) is 0 Å². The molecular formula is C16H19ClN4O3S. The number of rotatable bonds is 6. The smallest absolute Gasteiger partial charge is 0.233 e. The summed E-state index contributed by atoms with van der Waals surface area (Å²) in [5.41, 5.74) is 0. The molecule has 1 amide bonds. The Balaban J connectivity index is 1.54. The minimum absolute atomic E-state index is 0.0881. The lowest BCUT2D eigenvalue weighted by atomic mass is 10.3. The highest BCUT2D eigenvalue weighted by molar-refractivity contribution is 7.99. The van der Waals surface area contributed by atoms with Crippen LogP contribution in [0.3, 0.4) is 0 Å². The van der Waals surface area contributed by atoms with Crippen LogP contribution < -0.4 is 4.74 Å². The molecule has 25 heavy (non-hydrogen) atoms. The van der Waals surface area contributed by atoms with Crippen LogP contribution in [-0.4, -0.2) is 57.6 Å². The lowest BCUT2D eigenvalue weighted by Gasteiger charge is -2.26. The zero-order chi connectivity index (χ0) is 17.6. The molecule has 0 N–H and O–H groups in total. The van der Waals surface area contributed by atoms with Gasteiger partial charge in [-0.2, -0.15) is 0 Å². The van der Waals surface area contributed by atoms with E-state index in [0.29, 0.717) is 53.8 Å². The van der Waals surface area contributed by atoms with Crippen LogP contribution >= 0.6 is 23.4 Å². The van der Waals surface area contributed by atoms with E-state index in [0.717, 1.165) is 0 Å². The van der Waals surface area contributed by atoms with Crippen molar-refractivity contribution in [3.8, 4) is 5.75 Å². The Hall–Kier alpha value is -1.77. The maximum absolute atomic E-state index is 12.2. The highest BCUT2D eigenvalue weighted by atomic mass is 35.5. The molecule has 0 saturated carbocycles. The zero-order valence-corrected chi connectivity index (χ0v) is 15.4. The average Bonchev–Trinajstić information content (AvgIpc) is 2.99. The van der Waals surface area contributed by atoms with Crippen LogP contribution in [0.2, 0.25) is 5.02 Å². The van der Waals surface area contributed by atoms with Gasteiger partial charge in [0.15, 0.2) is 11.0 Å². The van der Waals surface area contributed by atoms with Crippen molar-refractivity contribution in [2.75, 3.05) is 32.1 Å². The molecule has 0 spiro atoms. The first kappa shape index (κ1) is 18.0. The van der Waals surface area contributed by atoms with E-state index in [4.69, 9.17) is 21.1 Å². The van der Waals surface area contributed by atoms with E-state index in [1.54, 1.807) is 12.1 Å². The van der Waals surface area contributed by atoms with Gasteiger partial charge >= 0.3 is 0 Å². The number of para-hydroxylation sites is 1. The van der Waals surface area contributed by atoms with Gasteiger partial charge in [-0.1, -0.05) is 35.5 Å². The third-order valence-corrected chi connectivity index (χ3v) is 5.12. The summed E-state index contributed by atoms with van der Waals surface area (Å²) in [7, 11) is 1.85. The topological polar surface area (TPSA) is 69.5 Å². The van der Waals surface area contributed by atoms with Gasteiger partial charge in [0.2, 0.25) is 5.91 Å². The van der Waals surface area contributed by atoms with E-state index >= 15 is 0 Å². The summed E-state index contributed by atoms with van der Waals surface area (Å²) >= 11 is 7.44. The van der Waals surface area contributed by atoms with Gasteiger partial charge in [0.1, 0.15) is 12.4 Å². The number of carbonyl (C=O) groups excluding carboxylic acids is 1. The summed E-state index contributed by atoms with van der Waals surface area (Å²) < 4.78 is 12.8. The number of aromatic nitrogens is 3. The standard InChI is InChI=1S/C16H19ClN4O3S/c1-20-14(10-24-13-5-3-2-4-12(13)17)18-19-16(20)25-11-15(22)21-6-8-23-9-7-21/h2-5H,6-11H2,1H3. The van der Waals surface area contributed by atoms with Crippen LogP contribution in [0.25, 0.3) is 0 Å². The molecule has 1 saturated heterocycles. The number of benzene rings is 1. The Bertz CT molecular complexity index is 734. The van der Waals surface area contributed by atoms with Crippen LogP contribution in [0.4, 0.5) is 0 Å². The Morgan fingerprint density at radius 3 is 2.84 bits per heavy atom. The van der Waals surface area contributed by atoms with E-state index in [-0.39, 0.29) is 12.5 Å². The SMILES string of the molecule is Cn1c(COc2ccccc2Cl)nnc1SCC(=O)N1CCOCC1. The van der Waals surface area contributed by atoms with Crippen molar-refractivity contribution in [1.29, 1.82) is 0 Å². The molecule has 7 nitrogen and oxygen atoms in total. The third-order valence-electron chi connectivity index (χ3n) is 3.81. The van der Waals surface area contributed by atoms with Gasteiger partial charge in [0.05, 0.1) is 24.0 Å². The van der Waals surface area contributed by atoms with Crippen LogP contribution in [-0.2, 0) is 23.2 Å². The number of amides is 1. The number of carbonyl (C=O) groups is 1. The number of thioether (sulfide) groups is 1. The van der Waals surface area contributed by atoms with Crippen molar-refractivity contribution in [1.82, 2.24) is 19.7 Å². The van der Waals surface area contributed by atoms with Gasteiger partial charge in [-0.15, -0.1) is 10.2 Å². The summed E-state index contributed by atoms with van der Waals surface area (Å²) in [4.78, 5) is 14.0. The van der Waals surface area contributed by atoms with Gasteiger partial charge in [-0.05, 0) is 12.1 Å². The second-order valence-corrected chi connectivity index (χ2v) is 6.81. The van der Waals surface area contributed by atoms with Gasteiger partial charge in [0, 0.05) is 20.1 Å². The van der Waals surface area contributed by atoms with Crippen molar-refractivity contribution >= 4 is 29.3 Å². The first-order chi connectivity index (χ1) is 12.1. The second kappa shape index (κ2) is 8.55. The largest absolute Gasteiger partial charge is 0.484 e. The molecule has 1 aromatic heterocycles. The lowest BCUT2D eigenvalue weighted by Crippen LogP contribution is -2.41. The van der Waals surface area contributed by atoms with Gasteiger partial charge in [-0.25, -0.2) is 0 Å². The quantitative estimate of drug-likeness (QED) is 0.712. The lowest BCUT2D eigenvalue weighted by molar-refractivity contribution is -0.132. The predicted molar refractivity (Wildman–Crippen MR) is 94.9 cm³/mol. The number of nitrogens with zero attached hydrogens (tertiary/aromatic N) is 4. The number of hydrogen-bond acceptors (Lipinski definition) is 6. The van der Waals surface area contributed by atoms with E-state index in [1.807, 2.05) is 28.6 Å². The molecule has 1 aliphatic rings. The monoisotopic (exact) mass is 382 g/mol. The minimum atomic E-state index is 0.0881. The fourth-order valence-electron chi connectivity index (χ4n) is 2.33. The highest BCUT2D eigenvalue weighted by Gasteiger charge is 2.18. The van der Waals surface area contributed by atoms with Crippen LogP contribution in [0.15, 0.2) is 29.4 Å². The van der Waals surface area contributed by atoms with Crippen molar-refractivity contribution in [2.45, 2.75) is 11.8 Å². The van der Waals surface area contributed by atoms with E-state index in [1.165, 1.54) is 11.8 Å². The van der Waals surface area contributed by atoms with Crippen LogP contribution in [0, 0.1) is 0 Å². The molecule has 0 radical (unpaired) electrons. The maximum Gasteiger partial charge on any atom is 0.233 e. The molecule has 2 aromatic rings. The van der Waals surface area contributed by atoms with Gasteiger partial charge in [-0.3, -0.25) is 4.79 Å².